The predicted octanol–water partition coefficient (Wildman–Crippen LogP) is 1.72. The Morgan fingerprint density at radius 2 is 2.03 bits per heavy atom. The molecule has 1 aliphatic rings. The molecule has 0 spiro atoms. The largest absolute Gasteiger partial charge is 0.477 e. The third kappa shape index (κ3) is 6.63. The number of aryl methyl sites for hydroxylation is 1. The van der Waals surface area contributed by atoms with Crippen LogP contribution < -0.4 is 15.8 Å². The van der Waals surface area contributed by atoms with Crippen molar-refractivity contribution in [2.45, 2.75) is 43.0 Å². The van der Waals surface area contributed by atoms with Crippen LogP contribution in [0.3, 0.4) is 0 Å². The molecule has 1 aliphatic heterocycles. The molecule has 3 N–H and O–H groups in total. The van der Waals surface area contributed by atoms with Gasteiger partial charge >= 0.3 is 0 Å². The van der Waals surface area contributed by atoms with E-state index in [0.717, 1.165) is 12.8 Å². The molecule has 14 heteroatoms. The van der Waals surface area contributed by atoms with Gasteiger partial charge in [0.25, 0.3) is 5.91 Å². The molecule has 2 aromatic heterocycles. The summed E-state index contributed by atoms with van der Waals surface area (Å²) >= 11 is 9.05. The molecule has 0 atom stereocenters. The molecule has 182 valence electrons. The zero-order chi connectivity index (χ0) is 24.0. The highest BCUT2D eigenvalue weighted by Crippen LogP contribution is 2.24. The monoisotopic (exact) mass is 563 g/mol. The number of halogens is 2. The van der Waals surface area contributed by atoms with Crippen LogP contribution in [0, 0.1) is 0 Å². The minimum absolute atomic E-state index is 0.00111. The van der Waals surface area contributed by atoms with Crippen molar-refractivity contribution in [1.82, 2.24) is 29.4 Å². The first-order valence-electron chi connectivity index (χ1n) is 10.6. The lowest BCUT2D eigenvalue weighted by Crippen LogP contribution is -2.43. The molecule has 0 radical (unpaired) electrons. The number of carbonyl (C=O) groups excluding carboxylic acids is 1. The van der Waals surface area contributed by atoms with E-state index in [1.165, 1.54) is 21.4 Å². The Hall–Kier alpha value is -1.80. The zero-order valence-electron chi connectivity index (χ0n) is 18.2. The second kappa shape index (κ2) is 11.6. The summed E-state index contributed by atoms with van der Waals surface area (Å²) in [5.41, 5.74) is 5.91. The average molecular weight is 565 g/mol. The van der Waals surface area contributed by atoms with Crippen molar-refractivity contribution in [2.24, 2.45) is 12.8 Å². The molecule has 3 rings (SSSR count). The number of aromatic nitrogens is 4. The van der Waals surface area contributed by atoms with Crippen molar-refractivity contribution in [3.05, 3.63) is 27.8 Å². The number of sulfonamides is 1. The van der Waals surface area contributed by atoms with E-state index in [2.05, 4.69) is 36.3 Å². The van der Waals surface area contributed by atoms with Crippen LogP contribution >= 0.6 is 27.5 Å². The second-order valence-electron chi connectivity index (χ2n) is 7.68. The van der Waals surface area contributed by atoms with Gasteiger partial charge < -0.3 is 15.8 Å². The number of hydrogen-bond acceptors (Lipinski definition) is 8. The maximum Gasteiger partial charge on any atom is 0.270 e. The number of hydrogen-bond donors (Lipinski definition) is 2. The van der Waals surface area contributed by atoms with Gasteiger partial charge in [0.15, 0.2) is 0 Å². The fourth-order valence-electron chi connectivity index (χ4n) is 3.41. The minimum atomic E-state index is -3.82. The third-order valence-corrected chi connectivity index (χ3v) is 7.89. The van der Waals surface area contributed by atoms with Gasteiger partial charge in [-0.15, -0.1) is 0 Å². The van der Waals surface area contributed by atoms with Crippen molar-refractivity contribution >= 4 is 43.5 Å². The standard InChI is InChI=1S/C19H27BrClN7O4S/c1-27-16(15(12-25-27)33(30,31)28-8-5-13(22)6-9-28)17(29)23-7-3-2-4-10-32-18-14(20)11-24-19(21)26-18/h11-13H,2-10,22H2,1H3,(H,23,29). The highest BCUT2D eigenvalue weighted by molar-refractivity contribution is 9.10. The van der Waals surface area contributed by atoms with Gasteiger partial charge in [0.2, 0.25) is 21.2 Å². The lowest BCUT2D eigenvalue weighted by atomic mass is 10.1. The van der Waals surface area contributed by atoms with Gasteiger partial charge in [-0.25, -0.2) is 13.4 Å². The first-order valence-corrected chi connectivity index (χ1v) is 13.2. The Balaban J connectivity index is 1.47. The van der Waals surface area contributed by atoms with E-state index in [4.69, 9.17) is 22.1 Å². The van der Waals surface area contributed by atoms with Crippen LogP contribution in [0.15, 0.2) is 21.8 Å². The summed E-state index contributed by atoms with van der Waals surface area (Å²) < 4.78 is 35.0. The number of amides is 1. The Morgan fingerprint density at radius 3 is 2.76 bits per heavy atom. The lowest BCUT2D eigenvalue weighted by Gasteiger charge is -2.29. The van der Waals surface area contributed by atoms with Gasteiger partial charge in [0.05, 0.1) is 17.3 Å². The smallest absolute Gasteiger partial charge is 0.270 e. The Labute approximate surface area is 206 Å². The van der Waals surface area contributed by atoms with Gasteiger partial charge in [-0.2, -0.15) is 14.4 Å². The molecule has 1 amide bonds. The number of nitrogens with one attached hydrogen (secondary N) is 1. The molecule has 3 heterocycles. The first-order chi connectivity index (χ1) is 15.7. The Morgan fingerprint density at radius 1 is 1.30 bits per heavy atom. The van der Waals surface area contributed by atoms with Crippen LogP contribution in [-0.4, -0.2) is 70.7 Å². The zero-order valence-corrected chi connectivity index (χ0v) is 21.4. The van der Waals surface area contributed by atoms with E-state index < -0.39 is 15.9 Å². The fourth-order valence-corrected chi connectivity index (χ4v) is 5.46. The van der Waals surface area contributed by atoms with E-state index in [9.17, 15) is 13.2 Å². The van der Waals surface area contributed by atoms with Crippen molar-refractivity contribution in [3.63, 3.8) is 0 Å². The topological polar surface area (TPSA) is 145 Å². The van der Waals surface area contributed by atoms with E-state index in [-0.39, 0.29) is 21.9 Å². The molecule has 1 fully saturated rings. The number of rotatable bonds is 10. The summed E-state index contributed by atoms with van der Waals surface area (Å²) in [4.78, 5) is 20.5. The maximum atomic E-state index is 13.1. The number of nitrogens with two attached hydrogens (primary N) is 1. The van der Waals surface area contributed by atoms with Gasteiger partial charge in [0.1, 0.15) is 10.6 Å². The van der Waals surface area contributed by atoms with Crippen molar-refractivity contribution in [1.29, 1.82) is 0 Å². The Bertz CT molecular complexity index is 1070. The van der Waals surface area contributed by atoms with Crippen molar-refractivity contribution < 1.29 is 17.9 Å². The minimum Gasteiger partial charge on any atom is -0.477 e. The normalized spacial score (nSPS) is 15.5. The summed E-state index contributed by atoms with van der Waals surface area (Å²) in [5.74, 6) is -0.0953. The number of carbonyl (C=O) groups is 1. The molecule has 33 heavy (non-hydrogen) atoms. The van der Waals surface area contributed by atoms with Crippen LogP contribution in [0.4, 0.5) is 0 Å². The highest BCUT2D eigenvalue weighted by atomic mass is 79.9. The fraction of sp³-hybridized carbons (Fsp3) is 0.579. The summed E-state index contributed by atoms with van der Waals surface area (Å²) in [6.45, 7) is 1.49. The summed E-state index contributed by atoms with van der Waals surface area (Å²) in [5, 5.41) is 6.90. The predicted molar refractivity (Wildman–Crippen MR) is 126 cm³/mol. The number of piperidine rings is 1. The molecule has 0 unspecified atom stereocenters. The molecular weight excluding hydrogens is 538 g/mol. The van der Waals surface area contributed by atoms with Crippen LogP contribution in [0.5, 0.6) is 5.88 Å². The third-order valence-electron chi connectivity index (χ3n) is 5.26. The highest BCUT2D eigenvalue weighted by Gasteiger charge is 2.33. The van der Waals surface area contributed by atoms with Crippen molar-refractivity contribution in [2.75, 3.05) is 26.2 Å². The van der Waals surface area contributed by atoms with Crippen LogP contribution in [0.1, 0.15) is 42.6 Å². The molecule has 11 nitrogen and oxygen atoms in total. The van der Waals surface area contributed by atoms with Crippen LogP contribution in [-0.2, 0) is 17.1 Å². The molecule has 0 bridgehead atoms. The molecule has 0 aromatic carbocycles. The van der Waals surface area contributed by atoms with Crippen LogP contribution in [0.2, 0.25) is 5.28 Å². The number of ether oxygens (including phenoxy) is 1. The first kappa shape index (κ1) is 25.8. The van der Waals surface area contributed by atoms with Crippen molar-refractivity contribution in [3.8, 4) is 5.88 Å². The van der Waals surface area contributed by atoms with Gasteiger partial charge in [-0.1, -0.05) is 0 Å². The SMILES string of the molecule is Cn1ncc(S(=O)(=O)N2CCC(N)CC2)c1C(=O)NCCCCCOc1nc(Cl)ncc1Br. The van der Waals surface area contributed by atoms with Gasteiger partial charge in [0, 0.05) is 38.9 Å². The molecule has 1 saturated heterocycles. The molecular formula is C19H27BrClN7O4S. The summed E-state index contributed by atoms with van der Waals surface area (Å²) in [6.07, 6.45) is 6.16. The number of nitrogens with zero attached hydrogens (tertiary/aromatic N) is 5. The van der Waals surface area contributed by atoms with Gasteiger partial charge in [-0.05, 0) is 59.6 Å². The summed E-state index contributed by atoms with van der Waals surface area (Å²) in [6, 6.07) is -0.00111. The second-order valence-corrected chi connectivity index (χ2v) is 10.8. The van der Waals surface area contributed by atoms with E-state index >= 15 is 0 Å². The van der Waals surface area contributed by atoms with Gasteiger partial charge in [-0.3, -0.25) is 9.48 Å². The average Bonchev–Trinajstić information content (AvgIpc) is 3.18. The quantitative estimate of drug-likeness (QED) is 0.328. The maximum absolute atomic E-state index is 13.1. The molecule has 2 aromatic rings. The van der Waals surface area contributed by atoms with E-state index in [1.807, 2.05) is 0 Å². The lowest BCUT2D eigenvalue weighted by molar-refractivity contribution is 0.0939. The Kier molecular flexibility index (Phi) is 9.04. The molecule has 0 saturated carbocycles. The molecule has 0 aliphatic carbocycles. The summed E-state index contributed by atoms with van der Waals surface area (Å²) in [7, 11) is -2.27. The van der Waals surface area contributed by atoms with E-state index in [0.29, 0.717) is 55.9 Å². The van der Waals surface area contributed by atoms with E-state index in [1.54, 1.807) is 7.05 Å². The number of unbranched alkanes of at least 4 members (excludes halogenated alkanes) is 2. The van der Waals surface area contributed by atoms with Crippen LogP contribution in [0.25, 0.3) is 0 Å².